The van der Waals surface area contributed by atoms with E-state index >= 15 is 0 Å². The molecule has 2 atom stereocenters. The van der Waals surface area contributed by atoms with Crippen molar-refractivity contribution in [1.82, 2.24) is 9.47 Å². The van der Waals surface area contributed by atoms with Crippen molar-refractivity contribution in [3.05, 3.63) is 31.9 Å². The average Bonchev–Trinajstić information content (AvgIpc) is 2.93. The van der Waals surface area contributed by atoms with Crippen molar-refractivity contribution in [2.45, 2.75) is 41.0 Å². The summed E-state index contributed by atoms with van der Waals surface area (Å²) in [6, 6.07) is 2.06. The smallest absolute Gasteiger partial charge is 0.270 e. The van der Waals surface area contributed by atoms with Crippen LogP contribution in [0.4, 0.5) is 5.82 Å². The molecule has 8 heteroatoms. The zero-order valence-corrected chi connectivity index (χ0v) is 20.7. The quantitative estimate of drug-likeness (QED) is 0.503. The van der Waals surface area contributed by atoms with Gasteiger partial charge in [-0.2, -0.15) is 5.26 Å². The Balaban J connectivity index is 2.18. The number of thioether (sulfide) groups is 1. The first-order valence-electron chi connectivity index (χ1n) is 10.7. The minimum Gasteiger partial charge on any atom is -0.357 e. The van der Waals surface area contributed by atoms with Crippen LogP contribution < -0.4 is 10.5 Å². The third-order valence-electron chi connectivity index (χ3n) is 5.83. The Morgan fingerprint density at radius 2 is 1.87 bits per heavy atom. The summed E-state index contributed by atoms with van der Waals surface area (Å²) < 4.78 is 2.12. The topological polar surface area (TPSA) is 69.3 Å². The maximum absolute atomic E-state index is 13.1. The van der Waals surface area contributed by atoms with Gasteiger partial charge in [0.15, 0.2) is 0 Å². The summed E-state index contributed by atoms with van der Waals surface area (Å²) in [6.45, 7) is 12.6. The van der Waals surface area contributed by atoms with Gasteiger partial charge in [0.1, 0.15) is 21.8 Å². The molecule has 1 aromatic heterocycles. The molecule has 0 N–H and O–H groups in total. The maximum atomic E-state index is 13.1. The summed E-state index contributed by atoms with van der Waals surface area (Å²) in [6.07, 6.45) is 2.97. The van der Waals surface area contributed by atoms with Crippen LogP contribution in [0.2, 0.25) is 0 Å². The predicted octanol–water partition coefficient (Wildman–Crippen LogP) is 3.90. The first-order chi connectivity index (χ1) is 14.5. The summed E-state index contributed by atoms with van der Waals surface area (Å²) in [4.78, 5) is 30.4. The molecule has 0 bridgehead atoms. The molecule has 0 aliphatic carbocycles. The third kappa shape index (κ3) is 4.58. The van der Waals surface area contributed by atoms with Gasteiger partial charge in [-0.15, -0.1) is 0 Å². The highest BCUT2D eigenvalue weighted by atomic mass is 32.2. The van der Waals surface area contributed by atoms with Crippen LogP contribution in [0.3, 0.4) is 0 Å². The van der Waals surface area contributed by atoms with E-state index in [9.17, 15) is 14.9 Å². The Morgan fingerprint density at radius 3 is 2.42 bits per heavy atom. The lowest BCUT2D eigenvalue weighted by molar-refractivity contribution is -0.122. The Hall–Kier alpha value is -2.11. The number of pyridine rings is 1. The van der Waals surface area contributed by atoms with E-state index in [1.165, 1.54) is 11.8 Å². The number of piperidine rings is 1. The Morgan fingerprint density at radius 1 is 1.26 bits per heavy atom. The molecule has 3 heterocycles. The number of carbonyl (C=O) groups is 1. The molecule has 1 aromatic rings. The van der Waals surface area contributed by atoms with Crippen molar-refractivity contribution in [2.75, 3.05) is 24.5 Å². The number of anilines is 1. The van der Waals surface area contributed by atoms with Crippen molar-refractivity contribution in [2.24, 2.45) is 24.8 Å². The lowest BCUT2D eigenvalue weighted by Gasteiger charge is -2.38. The average molecular weight is 459 g/mol. The van der Waals surface area contributed by atoms with Gasteiger partial charge in [-0.3, -0.25) is 19.1 Å². The fourth-order valence-corrected chi connectivity index (χ4v) is 5.84. The molecule has 166 valence electrons. The molecule has 6 nitrogen and oxygen atoms in total. The Bertz CT molecular complexity index is 1040. The van der Waals surface area contributed by atoms with Gasteiger partial charge in [-0.1, -0.05) is 51.7 Å². The number of amides is 1. The summed E-state index contributed by atoms with van der Waals surface area (Å²) in [5.74, 6) is 1.95. The number of carbonyl (C=O) groups excluding carboxylic acids is 1. The van der Waals surface area contributed by atoms with Gasteiger partial charge in [0, 0.05) is 32.2 Å². The normalized spacial score (nSPS) is 23.2. The number of hydrogen-bond donors (Lipinski definition) is 0. The predicted molar refractivity (Wildman–Crippen MR) is 131 cm³/mol. The molecule has 2 saturated heterocycles. The standard InChI is InChI=1S/C23H30N4O2S2/c1-13(2)10-27-22(29)19(31-23(27)30)8-17-16(5)18(9-24)21(28)25(6)20(17)26-11-14(3)7-15(4)12-26/h8,13-15H,7,10-12H2,1-6H3. The number of hydrogen-bond acceptors (Lipinski definition) is 6. The summed E-state index contributed by atoms with van der Waals surface area (Å²) >= 11 is 6.74. The van der Waals surface area contributed by atoms with Gasteiger partial charge < -0.3 is 4.90 Å². The van der Waals surface area contributed by atoms with E-state index < -0.39 is 0 Å². The minimum absolute atomic E-state index is 0.109. The number of thiocarbonyl (C=S) groups is 1. The molecule has 1 amide bonds. The molecule has 0 spiro atoms. The van der Waals surface area contributed by atoms with Crippen molar-refractivity contribution in [3.8, 4) is 6.07 Å². The monoisotopic (exact) mass is 458 g/mol. The summed E-state index contributed by atoms with van der Waals surface area (Å²) in [7, 11) is 1.71. The van der Waals surface area contributed by atoms with E-state index in [0.717, 1.165) is 30.9 Å². The zero-order valence-electron chi connectivity index (χ0n) is 19.1. The lowest BCUT2D eigenvalue weighted by Crippen LogP contribution is -2.42. The molecule has 2 aliphatic rings. The van der Waals surface area contributed by atoms with Crippen LogP contribution in [0.15, 0.2) is 9.70 Å². The van der Waals surface area contributed by atoms with Gasteiger partial charge in [0.05, 0.1) is 4.91 Å². The molecule has 2 aliphatic heterocycles. The number of nitrogens with zero attached hydrogens (tertiary/aromatic N) is 4. The van der Waals surface area contributed by atoms with E-state index in [4.69, 9.17) is 12.2 Å². The fraction of sp³-hybridized carbons (Fsp3) is 0.565. The van der Waals surface area contributed by atoms with E-state index in [0.29, 0.717) is 39.1 Å². The molecule has 2 fully saturated rings. The van der Waals surface area contributed by atoms with Crippen LogP contribution in [0.1, 0.15) is 50.8 Å². The highest BCUT2D eigenvalue weighted by Crippen LogP contribution is 2.37. The van der Waals surface area contributed by atoms with Crippen LogP contribution in [0, 0.1) is 36.0 Å². The van der Waals surface area contributed by atoms with Crippen molar-refractivity contribution >= 4 is 46.1 Å². The second-order valence-corrected chi connectivity index (χ2v) is 10.9. The second kappa shape index (κ2) is 9.17. The number of rotatable bonds is 4. The fourth-order valence-electron chi connectivity index (χ4n) is 4.58. The maximum Gasteiger partial charge on any atom is 0.270 e. The highest BCUT2D eigenvalue weighted by Gasteiger charge is 2.34. The van der Waals surface area contributed by atoms with Crippen LogP contribution in [0.25, 0.3) is 6.08 Å². The van der Waals surface area contributed by atoms with Crippen LogP contribution in [-0.2, 0) is 11.8 Å². The molecule has 0 aromatic carbocycles. The van der Waals surface area contributed by atoms with Gasteiger partial charge in [0.2, 0.25) is 0 Å². The van der Waals surface area contributed by atoms with Crippen molar-refractivity contribution in [3.63, 3.8) is 0 Å². The molecule has 3 rings (SSSR count). The summed E-state index contributed by atoms with van der Waals surface area (Å²) in [5.41, 5.74) is 1.18. The van der Waals surface area contributed by atoms with Crippen LogP contribution in [0.5, 0.6) is 0 Å². The molecular formula is C23H30N4O2S2. The second-order valence-electron chi connectivity index (χ2n) is 9.25. The molecule has 31 heavy (non-hydrogen) atoms. The van der Waals surface area contributed by atoms with Crippen molar-refractivity contribution < 1.29 is 4.79 Å². The molecule has 0 saturated carbocycles. The van der Waals surface area contributed by atoms with E-state index in [2.05, 4.69) is 38.7 Å². The van der Waals surface area contributed by atoms with Crippen LogP contribution in [-0.4, -0.2) is 39.3 Å². The van der Waals surface area contributed by atoms with E-state index in [1.807, 2.05) is 6.08 Å². The molecular weight excluding hydrogens is 428 g/mol. The first-order valence-corrected chi connectivity index (χ1v) is 11.9. The third-order valence-corrected chi connectivity index (χ3v) is 7.21. The first kappa shape index (κ1) is 23.6. The largest absolute Gasteiger partial charge is 0.357 e. The molecule has 0 radical (unpaired) electrons. The highest BCUT2D eigenvalue weighted by molar-refractivity contribution is 8.26. The Labute approximate surface area is 193 Å². The van der Waals surface area contributed by atoms with Crippen LogP contribution >= 0.6 is 24.0 Å². The number of nitriles is 1. The minimum atomic E-state index is -0.301. The summed E-state index contributed by atoms with van der Waals surface area (Å²) in [5, 5.41) is 9.63. The molecule has 2 unspecified atom stereocenters. The lowest BCUT2D eigenvalue weighted by atomic mass is 9.91. The van der Waals surface area contributed by atoms with Gasteiger partial charge in [-0.25, -0.2) is 0 Å². The zero-order chi connectivity index (χ0) is 23.0. The Kier molecular flexibility index (Phi) is 6.97. The van der Waals surface area contributed by atoms with Gasteiger partial charge in [-0.05, 0) is 42.7 Å². The number of aromatic nitrogens is 1. The van der Waals surface area contributed by atoms with Crippen molar-refractivity contribution in [1.29, 1.82) is 5.26 Å². The van der Waals surface area contributed by atoms with E-state index in [1.54, 1.807) is 23.4 Å². The van der Waals surface area contributed by atoms with Gasteiger partial charge in [0.25, 0.3) is 11.5 Å². The van der Waals surface area contributed by atoms with E-state index in [-0.39, 0.29) is 17.0 Å². The van der Waals surface area contributed by atoms with Gasteiger partial charge >= 0.3 is 0 Å². The SMILES string of the molecule is Cc1c(C=C2SC(=S)N(CC(C)C)C2=O)c(N2CC(C)CC(C)C2)n(C)c(=O)c1C#N.